The van der Waals surface area contributed by atoms with Crippen molar-refractivity contribution in [3.8, 4) is 11.3 Å². The third-order valence-electron chi connectivity index (χ3n) is 9.42. The van der Waals surface area contributed by atoms with Crippen LogP contribution in [0.1, 0.15) is 65.7 Å². The SMILES string of the molecule is CC(NC(=O)c1c(CN2CCC(N3CCCC3)CC2)c(-c2cccc(C(F)(F)F)c2)nc2ccc(S(C)(=O)=O)cc12)c1ccccc1. The Hall–Kier alpha value is -3.80. The first kappa shape index (κ1) is 33.1. The molecule has 1 N–H and O–H groups in total. The van der Waals surface area contributed by atoms with Crippen molar-refractivity contribution in [1.82, 2.24) is 20.1 Å². The number of fused-ring (bicyclic) bond motifs is 1. The molecule has 248 valence electrons. The van der Waals surface area contributed by atoms with Gasteiger partial charge in [0.1, 0.15) is 0 Å². The molecule has 0 bridgehead atoms. The van der Waals surface area contributed by atoms with Crippen LogP contribution in [0.5, 0.6) is 0 Å². The van der Waals surface area contributed by atoms with Crippen molar-refractivity contribution in [2.45, 2.75) is 62.3 Å². The summed E-state index contributed by atoms with van der Waals surface area (Å²) in [6, 6.07) is 18.9. The first-order valence-corrected chi connectivity index (χ1v) is 17.9. The van der Waals surface area contributed by atoms with E-state index < -0.39 is 33.5 Å². The second-order valence-electron chi connectivity index (χ2n) is 12.7. The summed E-state index contributed by atoms with van der Waals surface area (Å²) in [5, 5.41) is 3.41. The molecule has 11 heteroatoms. The normalized spacial score (nSPS) is 17.6. The molecule has 1 atom stereocenters. The summed E-state index contributed by atoms with van der Waals surface area (Å²) in [6.45, 7) is 5.84. The van der Waals surface area contributed by atoms with Crippen LogP contribution in [0, 0.1) is 0 Å². The minimum Gasteiger partial charge on any atom is -0.345 e. The van der Waals surface area contributed by atoms with Gasteiger partial charge in [-0.2, -0.15) is 13.2 Å². The third kappa shape index (κ3) is 7.37. The van der Waals surface area contributed by atoms with Crippen molar-refractivity contribution < 1.29 is 26.4 Å². The summed E-state index contributed by atoms with van der Waals surface area (Å²) in [5.74, 6) is -0.449. The number of benzene rings is 3. The summed E-state index contributed by atoms with van der Waals surface area (Å²) < 4.78 is 67.0. The lowest BCUT2D eigenvalue weighted by Crippen LogP contribution is -2.43. The van der Waals surface area contributed by atoms with Crippen LogP contribution < -0.4 is 5.32 Å². The van der Waals surface area contributed by atoms with Crippen LogP contribution in [0.2, 0.25) is 0 Å². The third-order valence-corrected chi connectivity index (χ3v) is 10.5. The van der Waals surface area contributed by atoms with Gasteiger partial charge >= 0.3 is 6.18 Å². The Labute approximate surface area is 273 Å². The van der Waals surface area contributed by atoms with E-state index in [1.54, 1.807) is 6.07 Å². The van der Waals surface area contributed by atoms with E-state index in [4.69, 9.17) is 4.98 Å². The first-order chi connectivity index (χ1) is 22.4. The molecule has 47 heavy (non-hydrogen) atoms. The highest BCUT2D eigenvalue weighted by Gasteiger charge is 2.33. The highest BCUT2D eigenvalue weighted by molar-refractivity contribution is 7.90. The number of piperidine rings is 1. The van der Waals surface area contributed by atoms with Gasteiger partial charge in [-0.3, -0.25) is 9.69 Å². The highest BCUT2D eigenvalue weighted by atomic mass is 32.2. The van der Waals surface area contributed by atoms with Crippen LogP contribution in [0.3, 0.4) is 0 Å². The molecule has 3 aromatic carbocycles. The maximum Gasteiger partial charge on any atom is 0.416 e. The Morgan fingerprint density at radius 1 is 0.957 bits per heavy atom. The average molecular weight is 665 g/mol. The lowest BCUT2D eigenvalue weighted by molar-refractivity contribution is -0.137. The zero-order valence-electron chi connectivity index (χ0n) is 26.6. The Morgan fingerprint density at radius 3 is 2.32 bits per heavy atom. The molecule has 2 fully saturated rings. The number of hydrogen-bond acceptors (Lipinski definition) is 6. The monoisotopic (exact) mass is 664 g/mol. The van der Waals surface area contributed by atoms with Crippen LogP contribution in [0.4, 0.5) is 13.2 Å². The number of carbonyl (C=O) groups excluding carboxylic acids is 1. The van der Waals surface area contributed by atoms with Crippen molar-refractivity contribution in [3.05, 3.63) is 95.1 Å². The first-order valence-electron chi connectivity index (χ1n) is 16.0. The van der Waals surface area contributed by atoms with E-state index in [1.165, 1.54) is 37.1 Å². The quantitative estimate of drug-likeness (QED) is 0.221. The molecule has 0 radical (unpaired) electrons. The number of aromatic nitrogens is 1. The van der Waals surface area contributed by atoms with Crippen LogP contribution in [-0.4, -0.2) is 67.6 Å². The second-order valence-corrected chi connectivity index (χ2v) is 14.7. The molecule has 7 nitrogen and oxygen atoms in total. The Balaban J connectivity index is 1.50. The van der Waals surface area contributed by atoms with E-state index in [2.05, 4.69) is 15.1 Å². The van der Waals surface area contributed by atoms with E-state index in [0.717, 1.165) is 63.0 Å². The molecule has 1 unspecified atom stereocenters. The standard InChI is InChI=1S/C36H39F3N4O3S/c1-24(25-9-4-3-5-10-25)40-35(44)33-30-22-29(47(2,45)46)13-14-32(30)41-34(26-11-8-12-27(21-26)36(37,38)39)31(33)23-42-19-15-28(16-20-42)43-17-6-7-18-43/h3-5,8-14,21-22,24,28H,6-7,15-20,23H2,1-2H3,(H,40,44). The van der Waals surface area contributed by atoms with Gasteiger partial charge in [-0.05, 0) is 94.7 Å². The van der Waals surface area contributed by atoms with Crippen molar-refractivity contribution in [2.24, 2.45) is 0 Å². The molecule has 3 heterocycles. The van der Waals surface area contributed by atoms with Crippen molar-refractivity contribution in [2.75, 3.05) is 32.4 Å². The maximum atomic E-state index is 14.4. The molecule has 0 saturated carbocycles. The summed E-state index contributed by atoms with van der Waals surface area (Å²) in [7, 11) is -3.64. The van der Waals surface area contributed by atoms with Gasteiger partial charge < -0.3 is 10.2 Å². The number of nitrogens with one attached hydrogen (secondary N) is 1. The Morgan fingerprint density at radius 2 is 1.66 bits per heavy atom. The van der Waals surface area contributed by atoms with E-state index in [0.29, 0.717) is 22.5 Å². The van der Waals surface area contributed by atoms with Gasteiger partial charge in [0.05, 0.1) is 33.3 Å². The predicted octanol–water partition coefficient (Wildman–Crippen LogP) is 6.88. The molecule has 4 aromatic rings. The van der Waals surface area contributed by atoms with Crippen molar-refractivity contribution in [1.29, 1.82) is 0 Å². The lowest BCUT2D eigenvalue weighted by atomic mass is 9.93. The largest absolute Gasteiger partial charge is 0.416 e. The number of hydrogen-bond donors (Lipinski definition) is 1. The molecule has 0 aliphatic carbocycles. The van der Waals surface area contributed by atoms with Gasteiger partial charge in [-0.25, -0.2) is 13.4 Å². The van der Waals surface area contributed by atoms with Crippen LogP contribution in [0.15, 0.2) is 77.7 Å². The number of likely N-dealkylation sites (tertiary alicyclic amines) is 2. The van der Waals surface area contributed by atoms with Crippen LogP contribution >= 0.6 is 0 Å². The number of rotatable bonds is 8. The minimum absolute atomic E-state index is 0.0288. The van der Waals surface area contributed by atoms with Gasteiger partial charge in [-0.1, -0.05) is 42.5 Å². The number of alkyl halides is 3. The summed E-state index contributed by atoms with van der Waals surface area (Å²) in [5.41, 5.74) is 1.58. The number of sulfone groups is 1. The van der Waals surface area contributed by atoms with Gasteiger partial charge in [0.15, 0.2) is 9.84 Å². The molecule has 6 rings (SSSR count). The number of amides is 1. The van der Waals surface area contributed by atoms with Crippen LogP contribution in [-0.2, 0) is 22.6 Å². The molecular weight excluding hydrogens is 625 g/mol. The molecule has 2 aliphatic rings. The van der Waals surface area contributed by atoms with Crippen molar-refractivity contribution >= 4 is 26.6 Å². The fourth-order valence-electron chi connectivity index (χ4n) is 6.87. The maximum absolute atomic E-state index is 14.4. The summed E-state index contributed by atoms with van der Waals surface area (Å²) in [4.78, 5) is 24.0. The smallest absolute Gasteiger partial charge is 0.345 e. The zero-order chi connectivity index (χ0) is 33.3. The molecule has 0 spiro atoms. The van der Waals surface area contributed by atoms with E-state index in [-0.39, 0.29) is 28.3 Å². The number of pyridine rings is 1. The minimum atomic E-state index is -4.57. The fraction of sp³-hybridized carbons (Fsp3) is 0.389. The number of nitrogens with zero attached hydrogens (tertiary/aromatic N) is 3. The highest BCUT2D eigenvalue weighted by Crippen LogP contribution is 2.37. The zero-order valence-corrected chi connectivity index (χ0v) is 27.4. The molecule has 2 saturated heterocycles. The van der Waals surface area contributed by atoms with Gasteiger partial charge in [0, 0.05) is 35.4 Å². The Bertz CT molecular complexity index is 1870. The summed E-state index contributed by atoms with van der Waals surface area (Å²) in [6.07, 6.45) is 0.841. The molecule has 1 aromatic heterocycles. The van der Waals surface area contributed by atoms with Crippen molar-refractivity contribution in [3.63, 3.8) is 0 Å². The van der Waals surface area contributed by atoms with Gasteiger partial charge in [0.2, 0.25) is 0 Å². The van der Waals surface area contributed by atoms with Gasteiger partial charge in [0.25, 0.3) is 5.91 Å². The molecule has 1 amide bonds. The van der Waals surface area contributed by atoms with E-state index in [9.17, 15) is 26.4 Å². The average Bonchev–Trinajstić information content (AvgIpc) is 3.59. The lowest BCUT2D eigenvalue weighted by Gasteiger charge is -2.37. The molecule has 2 aliphatic heterocycles. The van der Waals surface area contributed by atoms with Crippen LogP contribution in [0.25, 0.3) is 22.2 Å². The van der Waals surface area contributed by atoms with E-state index >= 15 is 0 Å². The second kappa shape index (κ2) is 13.4. The predicted molar refractivity (Wildman–Crippen MR) is 177 cm³/mol. The van der Waals surface area contributed by atoms with Gasteiger partial charge in [-0.15, -0.1) is 0 Å². The molecular formula is C36H39F3N4O3S. The topological polar surface area (TPSA) is 82.6 Å². The number of halogens is 3. The number of carbonyl (C=O) groups is 1. The summed E-state index contributed by atoms with van der Waals surface area (Å²) >= 11 is 0. The van der Waals surface area contributed by atoms with E-state index in [1.807, 2.05) is 37.3 Å². The fourth-order valence-corrected chi connectivity index (χ4v) is 7.52. The Kier molecular flexibility index (Phi) is 9.42.